The van der Waals surface area contributed by atoms with Crippen LogP contribution in [0.2, 0.25) is 0 Å². The van der Waals surface area contributed by atoms with E-state index in [1.165, 1.54) is 20.4 Å². The van der Waals surface area contributed by atoms with Crippen molar-refractivity contribution < 1.29 is 23.7 Å². The van der Waals surface area contributed by atoms with Crippen LogP contribution < -0.4 is 14.2 Å². The third-order valence-corrected chi connectivity index (χ3v) is 3.15. The van der Waals surface area contributed by atoms with Crippen LogP contribution in [0.25, 0.3) is 6.08 Å². The zero-order valence-corrected chi connectivity index (χ0v) is 12.6. The molecule has 1 aromatic heterocycles. The minimum absolute atomic E-state index is 0.109. The van der Waals surface area contributed by atoms with Crippen molar-refractivity contribution >= 4 is 12.0 Å². The Morgan fingerprint density at radius 3 is 2.83 bits per heavy atom. The number of aromatic nitrogens is 2. The van der Waals surface area contributed by atoms with Crippen LogP contribution >= 0.6 is 0 Å². The van der Waals surface area contributed by atoms with Gasteiger partial charge in [-0.2, -0.15) is 4.98 Å². The summed E-state index contributed by atoms with van der Waals surface area (Å²) in [5, 5.41) is 0. The Hall–Kier alpha value is -3.09. The third kappa shape index (κ3) is 3.08. The van der Waals surface area contributed by atoms with Crippen molar-refractivity contribution in [3.05, 3.63) is 47.3 Å². The van der Waals surface area contributed by atoms with Crippen molar-refractivity contribution in [1.29, 1.82) is 0 Å². The molecule has 0 radical (unpaired) electrons. The molecule has 7 nitrogen and oxygen atoms in total. The molecule has 0 bridgehead atoms. The van der Waals surface area contributed by atoms with Crippen LogP contribution in [0.5, 0.6) is 17.6 Å². The lowest BCUT2D eigenvalue weighted by molar-refractivity contribution is 0.0621. The van der Waals surface area contributed by atoms with Crippen LogP contribution in [0.3, 0.4) is 0 Å². The molecule has 0 saturated carbocycles. The standard InChI is InChI=1S/C16H14N2O5/c1-20-14-10(8-17-16(18-14)21-2)7-11-9-22-13-6-4-3-5-12(13)15(19)23-11/h3-8H,9H2,1-2H3/b11-7-. The molecule has 2 heterocycles. The molecule has 7 heteroatoms. The van der Waals surface area contributed by atoms with Gasteiger partial charge in [-0.1, -0.05) is 12.1 Å². The number of benzene rings is 1. The molecule has 0 N–H and O–H groups in total. The Bertz CT molecular complexity index is 773. The van der Waals surface area contributed by atoms with E-state index in [1.807, 2.05) is 0 Å². The molecular weight excluding hydrogens is 300 g/mol. The summed E-state index contributed by atoms with van der Waals surface area (Å²) in [5.74, 6) is 0.650. The molecule has 1 aromatic carbocycles. The molecule has 118 valence electrons. The second-order valence-corrected chi connectivity index (χ2v) is 4.61. The van der Waals surface area contributed by atoms with E-state index in [1.54, 1.807) is 30.3 Å². The maximum absolute atomic E-state index is 12.1. The number of rotatable bonds is 3. The van der Waals surface area contributed by atoms with E-state index in [0.29, 0.717) is 28.5 Å². The van der Waals surface area contributed by atoms with Gasteiger partial charge in [0.1, 0.15) is 23.7 Å². The number of ether oxygens (including phenoxy) is 4. The molecule has 1 aliphatic rings. The number of nitrogens with zero attached hydrogens (tertiary/aromatic N) is 2. The van der Waals surface area contributed by atoms with Gasteiger partial charge in [-0.25, -0.2) is 9.78 Å². The summed E-state index contributed by atoms with van der Waals surface area (Å²) in [4.78, 5) is 20.2. The lowest BCUT2D eigenvalue weighted by Crippen LogP contribution is -2.05. The van der Waals surface area contributed by atoms with Crippen LogP contribution in [0.15, 0.2) is 36.2 Å². The van der Waals surface area contributed by atoms with Crippen LogP contribution in [0.4, 0.5) is 0 Å². The summed E-state index contributed by atoms with van der Waals surface area (Å²) >= 11 is 0. The van der Waals surface area contributed by atoms with E-state index in [2.05, 4.69) is 9.97 Å². The topological polar surface area (TPSA) is 79.8 Å². The van der Waals surface area contributed by atoms with Gasteiger partial charge in [0, 0.05) is 6.20 Å². The number of methoxy groups -OCH3 is 2. The first-order valence-corrected chi connectivity index (χ1v) is 6.81. The SMILES string of the molecule is COc1ncc(/C=C2/COc3ccccc3C(=O)O2)c(OC)n1. The lowest BCUT2D eigenvalue weighted by atomic mass is 10.2. The Labute approximate surface area is 132 Å². The first kappa shape index (κ1) is 14.8. The molecule has 0 aliphatic carbocycles. The minimum Gasteiger partial charge on any atom is -0.485 e. The molecule has 0 unspecified atom stereocenters. The molecule has 23 heavy (non-hydrogen) atoms. The van der Waals surface area contributed by atoms with Crippen LogP contribution in [-0.2, 0) is 4.74 Å². The lowest BCUT2D eigenvalue weighted by Gasteiger charge is -2.07. The summed E-state index contributed by atoms with van der Waals surface area (Å²) in [5.41, 5.74) is 0.930. The Morgan fingerprint density at radius 1 is 1.22 bits per heavy atom. The molecule has 0 atom stereocenters. The number of esters is 1. The Kier molecular flexibility index (Phi) is 4.09. The van der Waals surface area contributed by atoms with Gasteiger partial charge in [-0.05, 0) is 18.2 Å². The number of carbonyl (C=O) groups excluding carboxylic acids is 1. The van der Waals surface area contributed by atoms with Gasteiger partial charge < -0.3 is 18.9 Å². The average Bonchev–Trinajstić information content (AvgIpc) is 2.75. The van der Waals surface area contributed by atoms with E-state index in [0.717, 1.165) is 0 Å². The first-order valence-electron chi connectivity index (χ1n) is 6.81. The normalized spacial score (nSPS) is 15.2. The fourth-order valence-corrected chi connectivity index (χ4v) is 2.08. The molecule has 1 aliphatic heterocycles. The maximum Gasteiger partial charge on any atom is 0.347 e. The largest absolute Gasteiger partial charge is 0.485 e. The zero-order valence-electron chi connectivity index (χ0n) is 12.6. The first-order chi connectivity index (χ1) is 11.2. The van der Waals surface area contributed by atoms with E-state index in [-0.39, 0.29) is 12.6 Å². The second-order valence-electron chi connectivity index (χ2n) is 4.61. The Balaban J connectivity index is 1.91. The van der Waals surface area contributed by atoms with Crippen molar-refractivity contribution in [2.24, 2.45) is 0 Å². The monoisotopic (exact) mass is 314 g/mol. The average molecular weight is 314 g/mol. The zero-order chi connectivity index (χ0) is 16.2. The number of fused-ring (bicyclic) bond motifs is 1. The number of carbonyl (C=O) groups is 1. The van der Waals surface area contributed by atoms with Crippen molar-refractivity contribution in [3.63, 3.8) is 0 Å². The predicted molar refractivity (Wildman–Crippen MR) is 80.5 cm³/mol. The van der Waals surface area contributed by atoms with Gasteiger partial charge in [0.2, 0.25) is 5.88 Å². The van der Waals surface area contributed by atoms with Gasteiger partial charge in [-0.3, -0.25) is 0 Å². The van der Waals surface area contributed by atoms with E-state index >= 15 is 0 Å². The molecule has 0 saturated heterocycles. The van der Waals surface area contributed by atoms with Gasteiger partial charge in [0.15, 0.2) is 0 Å². The van der Waals surface area contributed by atoms with Crippen molar-refractivity contribution in [3.8, 4) is 17.6 Å². The van der Waals surface area contributed by atoms with Gasteiger partial charge in [-0.15, -0.1) is 0 Å². The summed E-state index contributed by atoms with van der Waals surface area (Å²) in [6.07, 6.45) is 3.12. The summed E-state index contributed by atoms with van der Waals surface area (Å²) in [6.45, 7) is 0.109. The molecule has 2 aromatic rings. The number of para-hydroxylation sites is 1. The maximum atomic E-state index is 12.1. The molecule has 0 fully saturated rings. The van der Waals surface area contributed by atoms with Crippen LogP contribution in [-0.4, -0.2) is 36.8 Å². The molecule has 0 amide bonds. The molecule has 0 spiro atoms. The van der Waals surface area contributed by atoms with Crippen LogP contribution in [0, 0.1) is 0 Å². The highest BCUT2D eigenvalue weighted by atomic mass is 16.6. The van der Waals surface area contributed by atoms with Gasteiger partial charge >= 0.3 is 12.0 Å². The van der Waals surface area contributed by atoms with Gasteiger partial charge in [0.05, 0.1) is 19.8 Å². The highest BCUT2D eigenvalue weighted by molar-refractivity contribution is 5.93. The summed E-state index contributed by atoms with van der Waals surface area (Å²) in [7, 11) is 2.94. The van der Waals surface area contributed by atoms with Crippen molar-refractivity contribution in [2.75, 3.05) is 20.8 Å². The van der Waals surface area contributed by atoms with Gasteiger partial charge in [0.25, 0.3) is 0 Å². The summed E-state index contributed by atoms with van der Waals surface area (Å²) in [6, 6.07) is 7.10. The van der Waals surface area contributed by atoms with E-state index in [4.69, 9.17) is 18.9 Å². The fourth-order valence-electron chi connectivity index (χ4n) is 2.08. The molecular formula is C16H14N2O5. The highest BCUT2D eigenvalue weighted by Gasteiger charge is 2.21. The molecule has 3 rings (SSSR count). The van der Waals surface area contributed by atoms with E-state index < -0.39 is 5.97 Å². The fraction of sp³-hybridized carbons (Fsp3) is 0.188. The van der Waals surface area contributed by atoms with E-state index in [9.17, 15) is 4.79 Å². The number of hydrogen-bond donors (Lipinski definition) is 0. The van der Waals surface area contributed by atoms with Crippen molar-refractivity contribution in [2.45, 2.75) is 0 Å². The third-order valence-electron chi connectivity index (χ3n) is 3.15. The summed E-state index contributed by atoms with van der Waals surface area (Å²) < 4.78 is 21.1. The number of cyclic esters (lactones) is 1. The second kappa shape index (κ2) is 6.35. The number of hydrogen-bond acceptors (Lipinski definition) is 7. The minimum atomic E-state index is -0.474. The quantitative estimate of drug-likeness (QED) is 0.802. The van der Waals surface area contributed by atoms with Crippen LogP contribution in [0.1, 0.15) is 15.9 Å². The van der Waals surface area contributed by atoms with Crippen molar-refractivity contribution in [1.82, 2.24) is 9.97 Å². The highest BCUT2D eigenvalue weighted by Crippen LogP contribution is 2.26. The Morgan fingerprint density at radius 2 is 2.04 bits per heavy atom. The predicted octanol–water partition coefficient (Wildman–Crippen LogP) is 2.08. The smallest absolute Gasteiger partial charge is 0.347 e.